The molecule has 168 valence electrons. The second kappa shape index (κ2) is 13.5. The number of carboxylic acids is 1. The quantitative estimate of drug-likeness (QED) is 0.290. The van der Waals surface area contributed by atoms with E-state index in [2.05, 4.69) is 11.9 Å². The Morgan fingerprint density at radius 2 is 2.03 bits per heavy atom. The first kappa shape index (κ1) is 24.5. The zero-order valence-corrected chi connectivity index (χ0v) is 18.3. The number of carbonyl (C=O) groups excluding carboxylic acids is 1. The average Bonchev–Trinajstić information content (AvgIpc) is 3.18. The highest BCUT2D eigenvalue weighted by molar-refractivity contribution is 5.91. The minimum Gasteiger partial charge on any atom is -0.481 e. The number of aliphatic imine (C=N–C) groups is 1. The summed E-state index contributed by atoms with van der Waals surface area (Å²) in [6.45, 7) is 2.70. The Labute approximate surface area is 180 Å². The van der Waals surface area contributed by atoms with E-state index in [1.54, 1.807) is 18.4 Å². The summed E-state index contributed by atoms with van der Waals surface area (Å²) in [6, 6.07) is 0. The zero-order valence-electron chi connectivity index (χ0n) is 18.3. The largest absolute Gasteiger partial charge is 0.481 e. The maximum atomic E-state index is 12.6. The van der Waals surface area contributed by atoms with Gasteiger partial charge in [-0.1, -0.05) is 45.1 Å². The molecule has 30 heavy (non-hydrogen) atoms. The van der Waals surface area contributed by atoms with Crippen LogP contribution in [0, 0.1) is 5.92 Å². The topological polar surface area (TPSA) is 85.2 Å². The second-order valence-electron chi connectivity index (χ2n) is 8.23. The number of carbonyl (C=O) groups is 2. The third-order valence-electron chi connectivity index (χ3n) is 5.65. The van der Waals surface area contributed by atoms with Gasteiger partial charge >= 0.3 is 5.97 Å². The maximum absolute atomic E-state index is 12.6. The van der Waals surface area contributed by atoms with Crippen LogP contribution in [-0.4, -0.2) is 41.7 Å². The Kier molecular flexibility index (Phi) is 11.0. The number of nitrogens with zero attached hydrogens (tertiary/aromatic N) is 1. The summed E-state index contributed by atoms with van der Waals surface area (Å²) in [5, 5.41) is 8.88. The molecule has 0 aromatic carbocycles. The van der Waals surface area contributed by atoms with Crippen LogP contribution in [-0.2, 0) is 19.1 Å². The van der Waals surface area contributed by atoms with Crippen molar-refractivity contribution in [2.75, 3.05) is 6.61 Å². The highest BCUT2D eigenvalue weighted by Crippen LogP contribution is 2.32. The Morgan fingerprint density at radius 1 is 1.23 bits per heavy atom. The molecule has 3 atom stereocenters. The van der Waals surface area contributed by atoms with E-state index < -0.39 is 18.0 Å². The molecule has 0 aromatic rings. The molecule has 2 aliphatic heterocycles. The Hall–Kier alpha value is -1.79. The zero-order chi connectivity index (χ0) is 21.7. The van der Waals surface area contributed by atoms with E-state index in [0.717, 1.165) is 12.8 Å². The van der Waals surface area contributed by atoms with Crippen LogP contribution in [0.5, 0.6) is 0 Å². The molecule has 0 amide bonds. The number of hydrogen-bond donors (Lipinski definition) is 1. The fourth-order valence-electron chi connectivity index (χ4n) is 3.88. The van der Waals surface area contributed by atoms with Crippen LogP contribution in [0.15, 0.2) is 29.3 Å². The molecule has 1 saturated heterocycles. The van der Waals surface area contributed by atoms with Gasteiger partial charge in [0.15, 0.2) is 17.8 Å². The van der Waals surface area contributed by atoms with Crippen molar-refractivity contribution in [2.45, 2.75) is 96.0 Å². The van der Waals surface area contributed by atoms with Crippen molar-refractivity contribution in [1.29, 1.82) is 0 Å². The molecule has 1 N–H and O–H groups in total. The van der Waals surface area contributed by atoms with E-state index >= 15 is 0 Å². The molecule has 1 fully saturated rings. The average molecular weight is 420 g/mol. The van der Waals surface area contributed by atoms with Crippen molar-refractivity contribution >= 4 is 18.0 Å². The fraction of sp³-hybridized carbons (Fsp3) is 0.708. The number of ketones is 1. The molecule has 0 aromatic heterocycles. The highest BCUT2D eigenvalue weighted by Gasteiger charge is 2.36. The highest BCUT2D eigenvalue weighted by atomic mass is 16.7. The molecule has 2 aliphatic rings. The van der Waals surface area contributed by atoms with Crippen LogP contribution in [0.1, 0.15) is 84.0 Å². The van der Waals surface area contributed by atoms with Gasteiger partial charge in [0, 0.05) is 31.4 Å². The summed E-state index contributed by atoms with van der Waals surface area (Å²) >= 11 is 0. The molecule has 0 aliphatic carbocycles. The van der Waals surface area contributed by atoms with E-state index in [4.69, 9.17) is 14.6 Å². The molecule has 2 rings (SSSR count). The first-order chi connectivity index (χ1) is 14.5. The number of carboxylic acid groups (broad SMARTS) is 1. The summed E-state index contributed by atoms with van der Waals surface area (Å²) < 4.78 is 11.9. The van der Waals surface area contributed by atoms with Gasteiger partial charge in [-0.15, -0.1) is 0 Å². The van der Waals surface area contributed by atoms with Gasteiger partial charge in [-0.25, -0.2) is 0 Å². The summed E-state index contributed by atoms with van der Waals surface area (Å²) in [4.78, 5) is 27.8. The van der Waals surface area contributed by atoms with Crippen LogP contribution < -0.4 is 0 Å². The molecule has 6 heteroatoms. The summed E-state index contributed by atoms with van der Waals surface area (Å²) in [7, 11) is 0. The van der Waals surface area contributed by atoms with E-state index in [0.29, 0.717) is 32.3 Å². The van der Waals surface area contributed by atoms with Crippen molar-refractivity contribution in [1.82, 2.24) is 0 Å². The smallest absolute Gasteiger partial charge is 0.303 e. The minimum atomic E-state index is -0.876. The summed E-state index contributed by atoms with van der Waals surface area (Å²) in [5.74, 6) is -0.790. The Morgan fingerprint density at radius 3 is 2.77 bits per heavy atom. The van der Waals surface area contributed by atoms with Crippen molar-refractivity contribution in [3.8, 4) is 0 Å². The van der Waals surface area contributed by atoms with Gasteiger partial charge in [-0.3, -0.25) is 14.6 Å². The van der Waals surface area contributed by atoms with Gasteiger partial charge in [-0.05, 0) is 43.9 Å². The lowest BCUT2D eigenvalue weighted by Gasteiger charge is -2.34. The lowest BCUT2D eigenvalue weighted by Crippen LogP contribution is -2.38. The van der Waals surface area contributed by atoms with E-state index in [9.17, 15) is 9.59 Å². The van der Waals surface area contributed by atoms with E-state index in [-0.39, 0.29) is 18.1 Å². The van der Waals surface area contributed by atoms with Crippen molar-refractivity contribution in [3.63, 3.8) is 0 Å². The van der Waals surface area contributed by atoms with Crippen LogP contribution in [0.2, 0.25) is 0 Å². The molecular weight excluding hydrogens is 382 g/mol. The molecule has 0 radical (unpaired) electrons. The Balaban J connectivity index is 1.75. The Bertz CT molecular complexity index is 613. The van der Waals surface area contributed by atoms with Crippen LogP contribution in [0.4, 0.5) is 0 Å². The molecule has 0 spiro atoms. The summed E-state index contributed by atoms with van der Waals surface area (Å²) in [6.07, 6.45) is 19.2. The number of allylic oxidation sites excluding steroid dienone is 3. The lowest BCUT2D eigenvalue weighted by molar-refractivity contribution is -0.218. The summed E-state index contributed by atoms with van der Waals surface area (Å²) in [5.41, 5.74) is -0.876. The van der Waals surface area contributed by atoms with Gasteiger partial charge in [0.05, 0.1) is 6.61 Å². The monoisotopic (exact) mass is 419 g/mol. The van der Waals surface area contributed by atoms with Gasteiger partial charge in [-0.2, -0.15) is 0 Å². The first-order valence-electron chi connectivity index (χ1n) is 11.5. The van der Waals surface area contributed by atoms with Gasteiger partial charge in [0.1, 0.15) is 0 Å². The third-order valence-corrected chi connectivity index (χ3v) is 5.65. The normalized spacial score (nSPS) is 25.9. The number of ether oxygens (including phenoxy) is 2. The molecule has 6 nitrogen and oxygen atoms in total. The SMILES string of the molecule is CCCCCCCCC=CC(=O)C1CCOC(OC2(CCCC(=O)O)C=CC=N2)C1. The van der Waals surface area contributed by atoms with Crippen molar-refractivity contribution < 1.29 is 24.2 Å². The van der Waals surface area contributed by atoms with Crippen LogP contribution >= 0.6 is 0 Å². The van der Waals surface area contributed by atoms with Crippen molar-refractivity contribution in [2.24, 2.45) is 10.9 Å². The number of aliphatic carboxylic acids is 1. The van der Waals surface area contributed by atoms with Crippen molar-refractivity contribution in [3.05, 3.63) is 24.3 Å². The lowest BCUT2D eigenvalue weighted by atomic mass is 9.93. The molecule has 3 unspecified atom stereocenters. The fourth-order valence-corrected chi connectivity index (χ4v) is 3.88. The predicted octanol–water partition coefficient (Wildman–Crippen LogP) is 5.22. The third kappa shape index (κ3) is 8.92. The molecule has 0 saturated carbocycles. The number of unbranched alkanes of at least 4 members (excludes halogenated alkanes) is 6. The van der Waals surface area contributed by atoms with Gasteiger partial charge in [0.25, 0.3) is 0 Å². The van der Waals surface area contributed by atoms with Crippen LogP contribution in [0.25, 0.3) is 0 Å². The van der Waals surface area contributed by atoms with Gasteiger partial charge in [0.2, 0.25) is 0 Å². The standard InChI is InChI=1S/C24H37NO5/c1-2-3-4-5-6-7-8-9-12-21(26)20-14-18-29-23(19-20)30-24(16-11-17-25-24)15-10-13-22(27)28/h9,11-12,16-17,20,23H,2-8,10,13-15,18-19H2,1H3,(H,27,28). The van der Waals surface area contributed by atoms with E-state index in [1.165, 1.54) is 32.1 Å². The van der Waals surface area contributed by atoms with E-state index in [1.807, 2.05) is 12.2 Å². The van der Waals surface area contributed by atoms with Crippen LogP contribution in [0.3, 0.4) is 0 Å². The molecule has 2 heterocycles. The molecule has 0 bridgehead atoms. The second-order valence-corrected chi connectivity index (χ2v) is 8.23. The minimum absolute atomic E-state index is 0.0739. The first-order valence-corrected chi connectivity index (χ1v) is 11.5. The maximum Gasteiger partial charge on any atom is 0.303 e. The molecular formula is C24H37NO5. The van der Waals surface area contributed by atoms with Gasteiger partial charge < -0.3 is 14.6 Å². The number of rotatable bonds is 15. The predicted molar refractivity (Wildman–Crippen MR) is 118 cm³/mol. The number of hydrogen-bond acceptors (Lipinski definition) is 5.